The molecule has 6 aromatic carbocycles. The third-order valence-electron chi connectivity index (χ3n) is 10.7. The molecule has 0 aliphatic carbocycles. The van der Waals surface area contributed by atoms with Crippen LogP contribution in [0.4, 0.5) is 13.2 Å². The van der Waals surface area contributed by atoms with Gasteiger partial charge in [0.2, 0.25) is 0 Å². The Kier molecular flexibility index (Phi) is 27.7. The van der Waals surface area contributed by atoms with Gasteiger partial charge < -0.3 is 24.8 Å². The van der Waals surface area contributed by atoms with E-state index in [4.69, 9.17) is 13.0 Å². The third kappa shape index (κ3) is 19.6. The van der Waals surface area contributed by atoms with Crippen molar-refractivity contribution in [2.24, 2.45) is 0 Å². The van der Waals surface area contributed by atoms with Crippen molar-refractivity contribution in [3.05, 3.63) is 280 Å². The van der Waals surface area contributed by atoms with Gasteiger partial charge in [-0.2, -0.15) is 21.6 Å². The molecular weight excluding hydrogens is 1330 g/mol. The maximum absolute atomic E-state index is 10.7. The fraction of sp³-hybridized carbons (Fsp3) is 0.0794. The van der Waals surface area contributed by atoms with E-state index in [1.54, 1.807) is 12.4 Å². The zero-order valence-electron chi connectivity index (χ0n) is 42.6. The Hall–Kier alpha value is -7.08. The number of hydrogen-bond donors (Lipinski definition) is 1. The first-order chi connectivity index (χ1) is 34.7. The number of aryl methyl sites for hydroxylation is 4. The van der Waals surface area contributed by atoms with E-state index in [0.717, 1.165) is 50.6 Å². The van der Waals surface area contributed by atoms with Gasteiger partial charge in [0, 0.05) is 56.2 Å². The van der Waals surface area contributed by atoms with Crippen LogP contribution in [-0.4, -0.2) is 38.4 Å². The molecule has 0 spiro atoms. The Bertz CT molecular complexity index is 3030. The Labute approximate surface area is 473 Å². The van der Waals surface area contributed by atoms with E-state index in [1.807, 2.05) is 134 Å². The van der Waals surface area contributed by atoms with Gasteiger partial charge in [-0.3, -0.25) is 14.5 Å². The van der Waals surface area contributed by atoms with Gasteiger partial charge in [0.05, 0.1) is 5.69 Å². The number of nitrogens with zero attached hydrogens (tertiary/aromatic N) is 4. The first kappa shape index (κ1) is 65.0. The minimum atomic E-state index is -5.84. The summed E-state index contributed by atoms with van der Waals surface area (Å²) >= 11 is 0. The zero-order chi connectivity index (χ0) is 51.4. The second-order valence-corrected chi connectivity index (χ2v) is 17.3. The van der Waals surface area contributed by atoms with E-state index in [-0.39, 0.29) is 55.1 Å². The van der Waals surface area contributed by atoms with Crippen molar-refractivity contribution >= 4 is 10.1 Å². The summed E-state index contributed by atoms with van der Waals surface area (Å²) in [6.45, 7) is 8.61. The van der Waals surface area contributed by atoms with E-state index in [9.17, 15) is 13.2 Å². The summed E-state index contributed by atoms with van der Waals surface area (Å²) in [5.74, 6) is 0. The van der Waals surface area contributed by atoms with Crippen molar-refractivity contribution in [3.63, 3.8) is 0 Å². The second kappa shape index (κ2) is 32.4. The molecule has 0 aliphatic heterocycles. The minimum Gasteiger partial charge on any atom is -0.358 e. The molecule has 0 bridgehead atoms. The molecule has 0 aliphatic rings. The van der Waals surface area contributed by atoms with Gasteiger partial charge in [0.25, 0.3) is 0 Å². The predicted molar refractivity (Wildman–Crippen MR) is 295 cm³/mol. The van der Waals surface area contributed by atoms with E-state index >= 15 is 0 Å². The number of benzene rings is 6. The Morgan fingerprint density at radius 1 is 0.421 bits per heavy atom. The molecule has 10 rings (SSSR count). The van der Waals surface area contributed by atoms with Gasteiger partial charge >= 0.3 is 35.7 Å². The number of rotatable bonds is 6. The molecule has 0 saturated carbocycles. The SMILES string of the molecule is Cc1cccc(C)c1-c1[c-]c(-c2ccccn2)ccc1.Cc1cccc(C)c1-c1cccc(-c2ccccn2)c1.O=S(=O)(O)C(F)(F)F.[CH3-].[CH3-].[Ir+3].[Ir].[c-]1ccccc1-c1ccccn1.[c-]1ccccc1-c1ccccn1. The standard InChI is InChI=1S/C19H17N.C19H16N.2C11H8N.CHF3O3S.2CH3.2Ir/c2*1-14-7-5-8-15(2)19(14)17-10-6-9-16(13-17)18-11-3-4-12-20-18;2*1-2-6-10(7-3-1)11-8-4-5-9-12-11;2-1(3,4)8(5,6)7;;;;/h3-13H,1-2H3;3-12H,1-2H3;2*1-6,8-9H;(H,5,6,7);2*1H3;;/q;3*-1;;2*-1;;+3. The van der Waals surface area contributed by atoms with Crippen molar-refractivity contribution < 1.29 is 66.4 Å². The molecule has 1 radical (unpaired) electrons. The molecule has 1 N–H and O–H groups in total. The predicted octanol–water partition coefficient (Wildman–Crippen LogP) is 16.3. The Morgan fingerprint density at radius 2 is 0.750 bits per heavy atom. The first-order valence-electron chi connectivity index (χ1n) is 22.6. The molecule has 0 unspecified atom stereocenters. The van der Waals surface area contributed by atoms with Gasteiger partial charge in [-0.15, -0.1) is 102 Å². The molecule has 0 saturated heterocycles. The number of aromatic nitrogens is 4. The van der Waals surface area contributed by atoms with Crippen molar-refractivity contribution in [2.45, 2.75) is 33.2 Å². The summed E-state index contributed by atoms with van der Waals surface area (Å²) in [5, 5.41) is 0. The number of hydrogen-bond acceptors (Lipinski definition) is 6. The first-order valence-corrected chi connectivity index (χ1v) is 24.0. The number of alkyl halides is 3. The monoisotopic (exact) mass is 1390 g/mol. The van der Waals surface area contributed by atoms with Crippen molar-refractivity contribution in [3.8, 4) is 67.3 Å². The Balaban J connectivity index is 0.000000332. The molecule has 76 heavy (non-hydrogen) atoms. The van der Waals surface area contributed by atoms with E-state index in [1.165, 1.54) is 38.9 Å². The molecule has 13 heteroatoms. The maximum atomic E-state index is 10.7. The molecule has 4 heterocycles. The maximum Gasteiger partial charge on any atom is 3.00 e. The van der Waals surface area contributed by atoms with Crippen molar-refractivity contribution in [1.82, 2.24) is 19.9 Å². The van der Waals surface area contributed by atoms with Crippen LogP contribution >= 0.6 is 0 Å². The van der Waals surface area contributed by atoms with Gasteiger partial charge in [-0.1, -0.05) is 119 Å². The van der Waals surface area contributed by atoms with Gasteiger partial charge in [0.1, 0.15) is 0 Å². The minimum absolute atomic E-state index is 0. The fourth-order valence-electron chi connectivity index (χ4n) is 7.31. The van der Waals surface area contributed by atoms with Gasteiger partial charge in [-0.25, -0.2) is 0 Å². The van der Waals surface area contributed by atoms with Crippen LogP contribution in [0.5, 0.6) is 0 Å². The van der Waals surface area contributed by atoms with Crippen molar-refractivity contribution in [1.29, 1.82) is 0 Å². The number of halogens is 3. The molecular formula is C63H56F3Ir2N4O3S-2. The zero-order valence-corrected chi connectivity index (χ0v) is 48.2. The van der Waals surface area contributed by atoms with Crippen LogP contribution in [0, 0.1) is 60.7 Å². The third-order valence-corrected chi connectivity index (χ3v) is 11.3. The summed E-state index contributed by atoms with van der Waals surface area (Å²) in [7, 11) is -5.84. The molecule has 0 atom stereocenters. The molecule has 7 nitrogen and oxygen atoms in total. The van der Waals surface area contributed by atoms with E-state index < -0.39 is 15.6 Å². The molecule has 10 aromatic rings. The second-order valence-electron chi connectivity index (χ2n) is 15.9. The number of pyridine rings is 4. The van der Waals surface area contributed by atoms with E-state index in [0.29, 0.717) is 0 Å². The summed E-state index contributed by atoms with van der Waals surface area (Å²) < 4.78 is 57.5. The van der Waals surface area contributed by atoms with Crippen LogP contribution in [0.15, 0.2) is 225 Å². The summed E-state index contributed by atoms with van der Waals surface area (Å²) in [4.78, 5) is 17.3. The van der Waals surface area contributed by atoms with Crippen LogP contribution in [0.25, 0.3) is 67.3 Å². The average molecular weight is 1390 g/mol. The van der Waals surface area contributed by atoms with Crippen LogP contribution < -0.4 is 0 Å². The topological polar surface area (TPSA) is 106 Å². The quantitative estimate of drug-likeness (QED) is 0.100. The van der Waals surface area contributed by atoms with Gasteiger partial charge in [0.15, 0.2) is 0 Å². The molecule has 393 valence electrons. The van der Waals surface area contributed by atoms with Crippen LogP contribution in [-0.2, 0) is 50.3 Å². The smallest absolute Gasteiger partial charge is 0.358 e. The van der Waals surface area contributed by atoms with Crippen molar-refractivity contribution in [2.75, 3.05) is 0 Å². The van der Waals surface area contributed by atoms with Gasteiger partial charge in [-0.05, 0) is 97.7 Å². The summed E-state index contributed by atoms with van der Waals surface area (Å²) in [6, 6.07) is 76.7. The molecule has 0 amide bonds. The molecule has 4 aromatic heterocycles. The van der Waals surface area contributed by atoms with Crippen LogP contribution in [0.1, 0.15) is 22.3 Å². The average Bonchev–Trinajstić information content (AvgIpc) is 3.40. The van der Waals surface area contributed by atoms with Crippen LogP contribution in [0.3, 0.4) is 0 Å². The largest absolute Gasteiger partial charge is 3.00 e. The normalized spacial score (nSPS) is 10.1. The van der Waals surface area contributed by atoms with E-state index in [2.05, 4.69) is 145 Å². The molecule has 0 fully saturated rings. The fourth-order valence-corrected chi connectivity index (χ4v) is 7.31. The van der Waals surface area contributed by atoms with Crippen LogP contribution in [0.2, 0.25) is 0 Å². The summed E-state index contributed by atoms with van der Waals surface area (Å²) in [5.41, 5.74) is 12.8. The Morgan fingerprint density at radius 3 is 1.13 bits per heavy atom. The summed E-state index contributed by atoms with van der Waals surface area (Å²) in [6.07, 6.45) is 7.22.